The topological polar surface area (TPSA) is 70.7 Å². The largest absolute Gasteiger partial charge is 0.383 e. The number of carbonyl (C=O) groups excluding carboxylic acids is 2. The first-order valence-electron chi connectivity index (χ1n) is 7.12. The zero-order valence-corrected chi connectivity index (χ0v) is 14.7. The summed E-state index contributed by atoms with van der Waals surface area (Å²) in [6, 6.07) is 5.01. The number of hydrogen-bond donors (Lipinski definition) is 2. The minimum atomic E-state index is -0.216. The first kappa shape index (κ1) is 19.7. The number of hydrogen-bond acceptors (Lipinski definition) is 4. The molecule has 0 saturated carbocycles. The number of nitrogens with zero attached hydrogens (tertiary/aromatic N) is 1. The van der Waals surface area contributed by atoms with Crippen LogP contribution < -0.4 is 10.6 Å². The van der Waals surface area contributed by atoms with E-state index in [0.717, 1.165) is 0 Å². The van der Waals surface area contributed by atoms with Crippen LogP contribution in [0.15, 0.2) is 18.2 Å². The number of benzene rings is 1. The molecule has 0 aliphatic rings. The van der Waals surface area contributed by atoms with Gasteiger partial charge >= 0.3 is 0 Å². The fourth-order valence-corrected chi connectivity index (χ4v) is 2.28. The summed E-state index contributed by atoms with van der Waals surface area (Å²) >= 11 is 12.0. The molecule has 23 heavy (non-hydrogen) atoms. The Balaban J connectivity index is 2.34. The van der Waals surface area contributed by atoms with Gasteiger partial charge in [0.05, 0.1) is 28.9 Å². The van der Waals surface area contributed by atoms with E-state index in [4.69, 9.17) is 27.9 Å². The molecule has 6 nitrogen and oxygen atoms in total. The van der Waals surface area contributed by atoms with Crippen LogP contribution in [-0.2, 0) is 14.3 Å². The van der Waals surface area contributed by atoms with Crippen LogP contribution >= 0.6 is 23.2 Å². The molecule has 0 radical (unpaired) electrons. The highest BCUT2D eigenvalue weighted by molar-refractivity contribution is 6.39. The Kier molecular flexibility index (Phi) is 8.94. The van der Waals surface area contributed by atoms with Crippen molar-refractivity contribution in [2.75, 3.05) is 45.7 Å². The number of amides is 2. The highest BCUT2D eigenvalue weighted by Gasteiger charge is 2.11. The van der Waals surface area contributed by atoms with Crippen LogP contribution in [0.5, 0.6) is 0 Å². The number of halogens is 2. The van der Waals surface area contributed by atoms with Crippen LogP contribution in [0, 0.1) is 0 Å². The molecule has 128 valence electrons. The third-order valence-electron chi connectivity index (χ3n) is 2.99. The zero-order valence-electron chi connectivity index (χ0n) is 13.2. The lowest BCUT2D eigenvalue weighted by molar-refractivity contribution is -0.123. The van der Waals surface area contributed by atoms with Crippen molar-refractivity contribution >= 4 is 40.7 Å². The van der Waals surface area contributed by atoms with Crippen molar-refractivity contribution in [3.05, 3.63) is 28.2 Å². The van der Waals surface area contributed by atoms with Crippen LogP contribution in [0.3, 0.4) is 0 Å². The molecule has 0 unspecified atom stereocenters. The van der Waals surface area contributed by atoms with Crippen LogP contribution in [-0.4, -0.2) is 57.1 Å². The molecule has 1 aromatic rings. The summed E-state index contributed by atoms with van der Waals surface area (Å²) in [4.78, 5) is 25.3. The Morgan fingerprint density at radius 2 is 1.87 bits per heavy atom. The average molecular weight is 362 g/mol. The third-order valence-corrected chi connectivity index (χ3v) is 3.62. The highest BCUT2D eigenvalue weighted by atomic mass is 35.5. The second-order valence-electron chi connectivity index (χ2n) is 4.98. The van der Waals surface area contributed by atoms with Gasteiger partial charge in [-0.05, 0) is 19.2 Å². The van der Waals surface area contributed by atoms with Crippen molar-refractivity contribution in [3.8, 4) is 0 Å². The van der Waals surface area contributed by atoms with Gasteiger partial charge in [0, 0.05) is 26.6 Å². The molecular formula is C15H21Cl2N3O3. The molecule has 2 amide bonds. The molecule has 0 heterocycles. The number of methoxy groups -OCH3 is 1. The molecule has 1 aromatic carbocycles. The van der Waals surface area contributed by atoms with Gasteiger partial charge in [-0.15, -0.1) is 0 Å². The van der Waals surface area contributed by atoms with Gasteiger partial charge in [-0.2, -0.15) is 0 Å². The lowest BCUT2D eigenvalue weighted by atomic mass is 10.3. The Labute approximate surface area is 146 Å². The SMILES string of the molecule is COCCNC(=O)CN(C)CCC(=O)Nc1c(Cl)cccc1Cl. The lowest BCUT2D eigenvalue weighted by Gasteiger charge is -2.16. The van der Waals surface area contributed by atoms with E-state index in [1.165, 1.54) is 0 Å². The molecule has 1 rings (SSSR count). The van der Waals surface area contributed by atoms with E-state index in [1.807, 2.05) is 0 Å². The predicted octanol–water partition coefficient (Wildman–Crippen LogP) is 2.02. The summed E-state index contributed by atoms with van der Waals surface area (Å²) in [5.41, 5.74) is 0.404. The number of carbonyl (C=O) groups is 2. The number of para-hydroxylation sites is 1. The molecule has 0 spiro atoms. The first-order chi connectivity index (χ1) is 10.9. The van der Waals surface area contributed by atoms with Crippen LogP contribution in [0.25, 0.3) is 0 Å². The van der Waals surface area contributed by atoms with Gasteiger partial charge in [0.25, 0.3) is 0 Å². The fourth-order valence-electron chi connectivity index (χ4n) is 1.78. The van der Waals surface area contributed by atoms with Gasteiger partial charge in [0.2, 0.25) is 11.8 Å². The first-order valence-corrected chi connectivity index (χ1v) is 7.87. The van der Waals surface area contributed by atoms with E-state index in [0.29, 0.717) is 35.4 Å². The maximum Gasteiger partial charge on any atom is 0.234 e. The van der Waals surface area contributed by atoms with Gasteiger partial charge in [-0.3, -0.25) is 14.5 Å². The summed E-state index contributed by atoms with van der Waals surface area (Å²) in [5, 5.41) is 6.17. The second-order valence-corrected chi connectivity index (χ2v) is 5.79. The van der Waals surface area contributed by atoms with Gasteiger partial charge in [-0.25, -0.2) is 0 Å². The van der Waals surface area contributed by atoms with E-state index in [1.54, 1.807) is 37.3 Å². The molecule has 2 N–H and O–H groups in total. The lowest BCUT2D eigenvalue weighted by Crippen LogP contribution is -2.37. The summed E-state index contributed by atoms with van der Waals surface area (Å²) in [6.07, 6.45) is 0.226. The molecule has 0 fully saturated rings. The standard InChI is InChI=1S/C15H21Cl2N3O3/c1-20(10-14(22)18-7-9-23-2)8-6-13(21)19-15-11(16)4-3-5-12(15)17/h3-5H,6-10H2,1-2H3,(H,18,22)(H,19,21). The molecule has 0 atom stereocenters. The second kappa shape index (κ2) is 10.4. The molecule has 0 bridgehead atoms. The number of anilines is 1. The van der Waals surface area contributed by atoms with Crippen molar-refractivity contribution < 1.29 is 14.3 Å². The molecule has 0 saturated heterocycles. The smallest absolute Gasteiger partial charge is 0.234 e. The van der Waals surface area contributed by atoms with E-state index in [-0.39, 0.29) is 24.8 Å². The molecular weight excluding hydrogens is 341 g/mol. The Morgan fingerprint density at radius 1 is 1.22 bits per heavy atom. The number of likely N-dealkylation sites (N-methyl/N-ethyl adjacent to an activating group) is 1. The minimum Gasteiger partial charge on any atom is -0.383 e. The fraction of sp³-hybridized carbons (Fsp3) is 0.467. The number of rotatable bonds is 9. The van der Waals surface area contributed by atoms with Gasteiger partial charge in [-0.1, -0.05) is 29.3 Å². The molecule has 0 aliphatic heterocycles. The van der Waals surface area contributed by atoms with Crippen molar-refractivity contribution in [2.45, 2.75) is 6.42 Å². The molecule has 0 aromatic heterocycles. The molecule has 8 heteroatoms. The highest BCUT2D eigenvalue weighted by Crippen LogP contribution is 2.29. The summed E-state index contributed by atoms with van der Waals surface area (Å²) in [7, 11) is 3.34. The van der Waals surface area contributed by atoms with E-state index >= 15 is 0 Å². The van der Waals surface area contributed by atoms with Crippen LogP contribution in [0.4, 0.5) is 5.69 Å². The zero-order chi connectivity index (χ0) is 17.2. The summed E-state index contributed by atoms with van der Waals surface area (Å²) < 4.78 is 4.85. The van der Waals surface area contributed by atoms with E-state index < -0.39 is 0 Å². The van der Waals surface area contributed by atoms with Gasteiger partial charge in [0.1, 0.15) is 0 Å². The Hall–Kier alpha value is -1.34. The van der Waals surface area contributed by atoms with E-state index in [9.17, 15) is 9.59 Å². The number of nitrogens with one attached hydrogen (secondary N) is 2. The Morgan fingerprint density at radius 3 is 2.48 bits per heavy atom. The van der Waals surface area contributed by atoms with Crippen molar-refractivity contribution in [1.29, 1.82) is 0 Å². The van der Waals surface area contributed by atoms with Gasteiger partial charge in [0.15, 0.2) is 0 Å². The van der Waals surface area contributed by atoms with Crippen LogP contribution in [0.2, 0.25) is 10.0 Å². The third kappa shape index (κ3) is 7.65. The average Bonchev–Trinajstić information content (AvgIpc) is 2.49. The van der Waals surface area contributed by atoms with Crippen molar-refractivity contribution in [2.24, 2.45) is 0 Å². The van der Waals surface area contributed by atoms with Crippen molar-refractivity contribution in [3.63, 3.8) is 0 Å². The quantitative estimate of drug-likeness (QED) is 0.660. The summed E-state index contributed by atoms with van der Waals surface area (Å²) in [6.45, 7) is 1.58. The normalized spacial score (nSPS) is 10.7. The van der Waals surface area contributed by atoms with Crippen LogP contribution in [0.1, 0.15) is 6.42 Å². The number of ether oxygens (including phenoxy) is 1. The Bertz CT molecular complexity index is 520. The minimum absolute atomic E-state index is 0.112. The monoisotopic (exact) mass is 361 g/mol. The summed E-state index contributed by atoms with van der Waals surface area (Å²) in [5.74, 6) is -0.328. The van der Waals surface area contributed by atoms with Crippen molar-refractivity contribution in [1.82, 2.24) is 10.2 Å². The maximum absolute atomic E-state index is 11.9. The van der Waals surface area contributed by atoms with E-state index in [2.05, 4.69) is 10.6 Å². The predicted molar refractivity (Wildman–Crippen MR) is 92.1 cm³/mol. The maximum atomic E-state index is 11.9. The van der Waals surface area contributed by atoms with Gasteiger partial charge < -0.3 is 15.4 Å². The molecule has 0 aliphatic carbocycles.